The molecule has 1 saturated heterocycles. The molecule has 2 atom stereocenters. The molecule has 0 aromatic carbocycles. The summed E-state index contributed by atoms with van der Waals surface area (Å²) in [5.74, 6) is -0.596. The number of piperidine rings is 1. The summed E-state index contributed by atoms with van der Waals surface area (Å²) in [7, 11) is -1.22. The molecule has 0 unspecified atom stereocenters. The van der Waals surface area contributed by atoms with Gasteiger partial charge in [0.2, 0.25) is 0 Å². The minimum atomic E-state index is -1.22. The largest absolute Gasteiger partial charge is 0.383 e. The van der Waals surface area contributed by atoms with Gasteiger partial charge in [-0.25, -0.2) is 9.67 Å². The third-order valence-corrected chi connectivity index (χ3v) is 8.98. The van der Waals surface area contributed by atoms with E-state index < -0.39 is 19.9 Å². The van der Waals surface area contributed by atoms with E-state index in [9.17, 15) is 9.59 Å². The van der Waals surface area contributed by atoms with E-state index in [2.05, 4.69) is 42.0 Å². The lowest BCUT2D eigenvalue weighted by Crippen LogP contribution is -2.46. The summed E-state index contributed by atoms with van der Waals surface area (Å²) in [6, 6.07) is 4.95. The Hall–Kier alpha value is -2.76. The number of hydrogen-bond acceptors (Lipinski definition) is 7. The highest BCUT2D eigenvalue weighted by Crippen LogP contribution is 2.36. The molecule has 9 nitrogen and oxygen atoms in total. The molecule has 3 N–H and O–H groups in total. The summed E-state index contributed by atoms with van der Waals surface area (Å²) in [5, 5.41) is 9.77. The van der Waals surface area contributed by atoms with E-state index in [-0.39, 0.29) is 12.8 Å². The Morgan fingerprint density at radius 3 is 2.80 bits per heavy atom. The van der Waals surface area contributed by atoms with Crippen LogP contribution in [0.25, 0.3) is 10.9 Å². The number of hydrogen-bond donors (Lipinski definition) is 2. The molecule has 11 heteroatoms. The smallest absolute Gasteiger partial charge is 0.314 e. The summed E-state index contributed by atoms with van der Waals surface area (Å²) in [5.41, 5.74) is 7.04. The Morgan fingerprint density at radius 1 is 1.29 bits per heavy atom. The van der Waals surface area contributed by atoms with Crippen molar-refractivity contribution in [3.63, 3.8) is 0 Å². The number of likely N-dealkylation sites (tertiary alicyclic amines) is 1. The van der Waals surface area contributed by atoms with E-state index in [1.54, 1.807) is 27.1 Å². The number of nitrogens with two attached hydrogens (primary N) is 1. The maximum atomic E-state index is 13.3. The molecular weight excluding hydrogens is 480 g/mol. The van der Waals surface area contributed by atoms with Crippen LogP contribution in [0.4, 0.5) is 11.5 Å². The number of aromatic nitrogens is 3. The Morgan fingerprint density at radius 2 is 2.09 bits per heavy atom. The Kier molecular flexibility index (Phi) is 7.58. The van der Waals surface area contributed by atoms with Gasteiger partial charge in [0.25, 0.3) is 0 Å². The van der Waals surface area contributed by atoms with Crippen molar-refractivity contribution < 1.29 is 14.3 Å². The maximum absolute atomic E-state index is 13.3. The van der Waals surface area contributed by atoms with Crippen molar-refractivity contribution in [1.29, 1.82) is 0 Å². The van der Waals surface area contributed by atoms with E-state index in [0.717, 1.165) is 23.8 Å². The third kappa shape index (κ3) is 5.91. The molecule has 0 radical (unpaired) electrons. The van der Waals surface area contributed by atoms with Crippen molar-refractivity contribution in [3.05, 3.63) is 34.8 Å². The summed E-state index contributed by atoms with van der Waals surface area (Å²) < 4.78 is 7.51. The zero-order chi connectivity index (χ0) is 25.2. The SMILES string of the molecule is C[C@H]1CC[C@H](c2cccs2)N(C(=O)C(=O)Nc2cnc(N)c3cnn(COCC[Si](C)(C)C)c23)C1. The highest BCUT2D eigenvalue weighted by Gasteiger charge is 2.35. The van der Waals surface area contributed by atoms with Gasteiger partial charge in [0.15, 0.2) is 0 Å². The molecule has 4 rings (SSSR count). The third-order valence-electron chi connectivity index (χ3n) is 6.31. The zero-order valence-electron chi connectivity index (χ0n) is 20.8. The normalized spacial score (nSPS) is 18.7. The molecule has 1 aliphatic rings. The van der Waals surface area contributed by atoms with Crippen LogP contribution in [0.15, 0.2) is 29.9 Å². The number of nitrogens with zero attached hydrogens (tertiary/aromatic N) is 4. The van der Waals surface area contributed by atoms with Crippen molar-refractivity contribution in [3.8, 4) is 0 Å². The lowest BCUT2D eigenvalue weighted by atomic mass is 9.93. The number of anilines is 2. The van der Waals surface area contributed by atoms with Gasteiger partial charge in [-0.1, -0.05) is 32.6 Å². The van der Waals surface area contributed by atoms with Crippen molar-refractivity contribution in [2.75, 3.05) is 24.2 Å². The van der Waals surface area contributed by atoms with Crippen LogP contribution in [0.5, 0.6) is 0 Å². The number of thiophene rings is 1. The minimum absolute atomic E-state index is 0.0840. The number of fused-ring (bicyclic) bond motifs is 1. The summed E-state index contributed by atoms with van der Waals surface area (Å²) in [6.07, 6.45) is 4.94. The van der Waals surface area contributed by atoms with Gasteiger partial charge in [-0.3, -0.25) is 9.59 Å². The molecule has 0 bridgehead atoms. The molecule has 2 amide bonds. The van der Waals surface area contributed by atoms with Gasteiger partial charge in [0.05, 0.1) is 35.0 Å². The van der Waals surface area contributed by atoms with E-state index in [4.69, 9.17) is 10.5 Å². The van der Waals surface area contributed by atoms with Gasteiger partial charge in [-0.05, 0) is 36.3 Å². The molecule has 35 heavy (non-hydrogen) atoms. The molecule has 0 saturated carbocycles. The fraction of sp³-hybridized carbons (Fsp3) is 0.500. The molecule has 3 aromatic heterocycles. The second-order valence-corrected chi connectivity index (χ2v) is 17.0. The van der Waals surface area contributed by atoms with E-state index in [1.807, 2.05) is 17.5 Å². The highest BCUT2D eigenvalue weighted by atomic mass is 32.1. The van der Waals surface area contributed by atoms with Crippen LogP contribution in [-0.2, 0) is 21.1 Å². The molecule has 1 aliphatic heterocycles. The van der Waals surface area contributed by atoms with Crippen molar-refractivity contribution in [2.45, 2.75) is 58.2 Å². The van der Waals surface area contributed by atoms with E-state index in [1.165, 1.54) is 6.20 Å². The fourth-order valence-corrected chi connectivity index (χ4v) is 5.93. The van der Waals surface area contributed by atoms with Crippen LogP contribution in [0.3, 0.4) is 0 Å². The van der Waals surface area contributed by atoms with Gasteiger partial charge in [-0.2, -0.15) is 5.10 Å². The zero-order valence-corrected chi connectivity index (χ0v) is 22.6. The first-order valence-electron chi connectivity index (χ1n) is 12.0. The van der Waals surface area contributed by atoms with Gasteiger partial charge < -0.3 is 20.7 Å². The molecular formula is C24H34N6O3SSi. The number of pyridine rings is 1. The molecule has 188 valence electrons. The maximum Gasteiger partial charge on any atom is 0.314 e. The number of carbonyl (C=O) groups is 2. The Balaban J connectivity index is 1.53. The molecule has 0 aliphatic carbocycles. The predicted molar refractivity (Wildman–Crippen MR) is 142 cm³/mol. The summed E-state index contributed by atoms with van der Waals surface area (Å²) in [4.78, 5) is 33.5. The van der Waals surface area contributed by atoms with Crippen LogP contribution >= 0.6 is 11.3 Å². The molecule has 3 aromatic rings. The van der Waals surface area contributed by atoms with Crippen molar-refractivity contribution in [2.24, 2.45) is 5.92 Å². The fourth-order valence-electron chi connectivity index (χ4n) is 4.30. The second kappa shape index (κ2) is 10.5. The van der Waals surface area contributed by atoms with Crippen molar-refractivity contribution >= 4 is 53.6 Å². The molecule has 4 heterocycles. The number of nitrogen functional groups attached to an aromatic ring is 1. The van der Waals surface area contributed by atoms with E-state index in [0.29, 0.717) is 41.5 Å². The van der Waals surface area contributed by atoms with Gasteiger partial charge in [0.1, 0.15) is 12.5 Å². The number of nitrogens with one attached hydrogen (secondary N) is 1. The number of ether oxygens (including phenoxy) is 1. The quantitative estimate of drug-likeness (QED) is 0.276. The standard InChI is InChI=1S/C24H34N6O3SSi/c1-16-7-8-19(20-6-5-10-34-20)29(14-16)24(32)23(31)28-18-13-26-22(25)17-12-27-30(21(17)18)15-33-9-11-35(2,3)4/h5-6,10,12-13,16,19H,7-9,11,14-15H2,1-4H3,(H2,25,26)(H,28,31)/t16-,19+/m0/s1. The summed E-state index contributed by atoms with van der Waals surface area (Å²) >= 11 is 1.61. The first-order valence-corrected chi connectivity index (χ1v) is 16.6. The van der Waals surface area contributed by atoms with Crippen molar-refractivity contribution in [1.82, 2.24) is 19.7 Å². The molecule has 0 spiro atoms. The van der Waals surface area contributed by atoms with Crippen LogP contribution in [0.2, 0.25) is 25.7 Å². The van der Waals surface area contributed by atoms with E-state index >= 15 is 0 Å². The predicted octanol–water partition coefficient (Wildman–Crippen LogP) is 4.33. The number of carbonyl (C=O) groups excluding carboxylic acids is 2. The minimum Gasteiger partial charge on any atom is -0.383 e. The first kappa shape index (κ1) is 25.3. The average molecular weight is 515 g/mol. The van der Waals surface area contributed by atoms with Crippen LogP contribution in [0.1, 0.15) is 30.7 Å². The summed E-state index contributed by atoms with van der Waals surface area (Å²) in [6.45, 7) is 10.4. The second-order valence-electron chi connectivity index (χ2n) is 10.4. The van der Waals surface area contributed by atoms with Gasteiger partial charge in [0, 0.05) is 26.1 Å². The van der Waals surface area contributed by atoms with Crippen LogP contribution < -0.4 is 11.1 Å². The monoisotopic (exact) mass is 514 g/mol. The number of amides is 2. The first-order chi connectivity index (χ1) is 16.6. The van der Waals surface area contributed by atoms with Crippen LogP contribution in [-0.4, -0.2) is 52.7 Å². The highest BCUT2D eigenvalue weighted by molar-refractivity contribution is 7.10. The number of rotatable bonds is 7. The van der Waals surface area contributed by atoms with Crippen LogP contribution in [0, 0.1) is 5.92 Å². The lowest BCUT2D eigenvalue weighted by molar-refractivity contribution is -0.146. The Labute approximate surface area is 210 Å². The van der Waals surface area contributed by atoms with Gasteiger partial charge in [-0.15, -0.1) is 11.3 Å². The topological polar surface area (TPSA) is 115 Å². The Bertz CT molecular complexity index is 1190. The van der Waals surface area contributed by atoms with Gasteiger partial charge >= 0.3 is 11.8 Å². The average Bonchev–Trinajstić information content (AvgIpc) is 3.48. The lowest BCUT2D eigenvalue weighted by Gasteiger charge is -2.37. The molecule has 1 fully saturated rings.